The zero-order valence-corrected chi connectivity index (χ0v) is 38.7. The van der Waals surface area contributed by atoms with Gasteiger partial charge in [0.25, 0.3) is 0 Å². The minimum Gasteiger partial charge on any atom is -0.344 e. The van der Waals surface area contributed by atoms with Crippen LogP contribution in [0.15, 0.2) is 9.53 Å². The highest BCUT2D eigenvalue weighted by Gasteiger charge is 2.27. The van der Waals surface area contributed by atoms with Crippen molar-refractivity contribution < 1.29 is 18.1 Å². The van der Waals surface area contributed by atoms with Gasteiger partial charge in [0.05, 0.1) is 19.8 Å². The molecule has 0 saturated carbocycles. The van der Waals surface area contributed by atoms with Crippen LogP contribution in [0.4, 0.5) is 0 Å². The number of likely N-dealkylation sites (N-methyl/N-ethyl adjacent to an activating group) is 2. The van der Waals surface area contributed by atoms with Crippen LogP contribution in [0.5, 0.6) is 0 Å². The molecule has 2 aliphatic rings. The first-order valence-corrected chi connectivity index (χ1v) is 25.4. The van der Waals surface area contributed by atoms with E-state index in [-0.39, 0.29) is 0 Å². The van der Waals surface area contributed by atoms with Gasteiger partial charge in [0.1, 0.15) is 0 Å². The smallest absolute Gasteiger partial charge is 0.313 e. The molecule has 2 aliphatic heterocycles. The molecule has 0 aromatic carbocycles. The van der Waals surface area contributed by atoms with Crippen molar-refractivity contribution in [1.82, 2.24) is 19.6 Å². The summed E-state index contributed by atoms with van der Waals surface area (Å²) in [5, 5.41) is 0. The van der Waals surface area contributed by atoms with Crippen molar-refractivity contribution in [3.05, 3.63) is 0 Å². The molecule has 2 fully saturated rings. The molecule has 0 aliphatic carbocycles. The van der Waals surface area contributed by atoms with Gasteiger partial charge >= 0.3 is 17.1 Å². The molecule has 324 valence electrons. The van der Waals surface area contributed by atoms with E-state index in [9.17, 15) is 0 Å². The van der Waals surface area contributed by atoms with Crippen molar-refractivity contribution in [2.75, 3.05) is 80.3 Å². The molecule has 0 N–H and O–H groups in total. The molecule has 0 radical (unpaired) electrons. The Bertz CT molecular complexity index is 951. The number of guanidine groups is 2. The predicted molar refractivity (Wildman–Crippen MR) is 239 cm³/mol. The van der Waals surface area contributed by atoms with E-state index < -0.39 is 17.1 Å². The first-order valence-electron chi connectivity index (χ1n) is 23.2. The standard InChI is InChI=1S/C43H88N6O4P2/c1-7-10-13-16-18-20-22-24-26-29-33-48-37-35-46(4)42(48)44-54(50-6)51-40-32-41-53-55(52-39-31-28-15-12-9-3)45-43-47(5)36-38-49(43)34-30-27-25-23-21-19-17-14-11-8-2/h7-41H2,1-6H3/b44-42+,45-43+. The Hall–Kier alpha value is -0.760. The maximum absolute atomic E-state index is 6.35. The molecule has 12 heteroatoms. The van der Waals surface area contributed by atoms with Gasteiger partial charge in [-0.25, -0.2) is 0 Å². The van der Waals surface area contributed by atoms with Crippen LogP contribution in [0, 0.1) is 0 Å². The van der Waals surface area contributed by atoms with E-state index in [0.717, 1.165) is 64.0 Å². The van der Waals surface area contributed by atoms with Crippen LogP contribution in [0.3, 0.4) is 0 Å². The summed E-state index contributed by atoms with van der Waals surface area (Å²) >= 11 is 0. The third kappa shape index (κ3) is 24.7. The van der Waals surface area contributed by atoms with Gasteiger partial charge in [0.15, 0.2) is 0 Å². The molecule has 10 nitrogen and oxygen atoms in total. The minimum atomic E-state index is -1.37. The molecular weight excluding hydrogens is 726 g/mol. The van der Waals surface area contributed by atoms with Gasteiger partial charge in [0.2, 0.25) is 11.9 Å². The van der Waals surface area contributed by atoms with Gasteiger partial charge in [-0.2, -0.15) is 9.53 Å². The van der Waals surface area contributed by atoms with E-state index in [1.54, 1.807) is 7.11 Å². The Labute approximate surface area is 343 Å². The molecule has 0 spiro atoms. The summed E-state index contributed by atoms with van der Waals surface area (Å²) in [4.78, 5) is 9.37. The zero-order valence-electron chi connectivity index (χ0n) is 37.0. The molecule has 0 bridgehead atoms. The second-order valence-electron chi connectivity index (χ2n) is 15.9. The zero-order chi connectivity index (χ0) is 39.6. The fraction of sp³-hybridized carbons (Fsp3) is 0.953. The third-order valence-corrected chi connectivity index (χ3v) is 13.1. The van der Waals surface area contributed by atoms with Crippen molar-refractivity contribution in [2.45, 2.75) is 188 Å². The number of nitrogens with zero attached hydrogens (tertiary/aromatic N) is 6. The lowest BCUT2D eigenvalue weighted by Crippen LogP contribution is -2.32. The van der Waals surface area contributed by atoms with Gasteiger partial charge in [-0.1, -0.05) is 162 Å². The van der Waals surface area contributed by atoms with Crippen LogP contribution in [-0.4, -0.2) is 112 Å². The highest BCUT2D eigenvalue weighted by atomic mass is 31.2. The fourth-order valence-corrected chi connectivity index (χ4v) is 9.40. The van der Waals surface area contributed by atoms with E-state index >= 15 is 0 Å². The molecule has 2 unspecified atom stereocenters. The number of hydrogen-bond donors (Lipinski definition) is 0. The minimum absolute atomic E-state index is 0.528. The highest BCUT2D eigenvalue weighted by molar-refractivity contribution is 7.46. The molecule has 2 heterocycles. The Morgan fingerprint density at radius 1 is 0.418 bits per heavy atom. The van der Waals surface area contributed by atoms with Gasteiger partial charge in [0, 0.05) is 60.5 Å². The summed E-state index contributed by atoms with van der Waals surface area (Å²) in [5.41, 5.74) is 0. The Balaban J connectivity index is 1.79. The van der Waals surface area contributed by atoms with Crippen LogP contribution in [0.2, 0.25) is 0 Å². The summed E-state index contributed by atoms with van der Waals surface area (Å²) in [6.45, 7) is 14.7. The van der Waals surface area contributed by atoms with Gasteiger partial charge in [-0.05, 0) is 25.7 Å². The Morgan fingerprint density at radius 3 is 1.15 bits per heavy atom. The molecule has 2 atom stereocenters. The van der Waals surface area contributed by atoms with Crippen LogP contribution in [0.25, 0.3) is 0 Å². The average Bonchev–Trinajstić information content (AvgIpc) is 3.72. The Kier molecular flexibility index (Phi) is 32.3. The second kappa shape index (κ2) is 35.2. The molecule has 2 rings (SSSR count). The summed E-state index contributed by atoms with van der Waals surface area (Å²) in [5.74, 6) is 2.04. The molecule has 55 heavy (non-hydrogen) atoms. The largest absolute Gasteiger partial charge is 0.344 e. The van der Waals surface area contributed by atoms with E-state index in [2.05, 4.69) is 54.5 Å². The van der Waals surface area contributed by atoms with E-state index in [4.69, 9.17) is 27.6 Å². The predicted octanol–water partition coefficient (Wildman–Crippen LogP) is 12.5. The molecule has 0 aromatic rings. The van der Waals surface area contributed by atoms with Gasteiger partial charge < -0.3 is 37.7 Å². The van der Waals surface area contributed by atoms with E-state index in [1.165, 1.54) is 154 Å². The van der Waals surface area contributed by atoms with Crippen LogP contribution < -0.4 is 0 Å². The van der Waals surface area contributed by atoms with Gasteiger partial charge in [-0.15, -0.1) is 0 Å². The lowest BCUT2D eigenvalue weighted by Gasteiger charge is -2.23. The topological polar surface area (TPSA) is 74.6 Å². The molecule has 0 amide bonds. The average molecular weight is 815 g/mol. The summed E-state index contributed by atoms with van der Waals surface area (Å²) in [6, 6.07) is 0. The summed E-state index contributed by atoms with van der Waals surface area (Å²) in [6.07, 6.45) is 33.9. The molecule has 2 saturated heterocycles. The first kappa shape index (κ1) is 50.4. The SMILES string of the molecule is CCCCCCCCCCCCN1CCN(C)/C1=N\P(OC)OCCCOP(/N=C1\N(C)CCN1CCCCCCCCCCCC)OCCCCCCC. The first-order chi connectivity index (χ1) is 27.0. The van der Waals surface area contributed by atoms with Gasteiger partial charge in [-0.3, -0.25) is 0 Å². The Morgan fingerprint density at radius 2 is 0.745 bits per heavy atom. The fourth-order valence-electron chi connectivity index (χ4n) is 7.26. The van der Waals surface area contributed by atoms with Crippen LogP contribution in [0.1, 0.15) is 188 Å². The number of rotatable bonds is 38. The van der Waals surface area contributed by atoms with Crippen molar-refractivity contribution in [1.29, 1.82) is 0 Å². The van der Waals surface area contributed by atoms with Crippen LogP contribution in [-0.2, 0) is 18.1 Å². The lowest BCUT2D eigenvalue weighted by atomic mass is 10.1. The lowest BCUT2D eigenvalue weighted by molar-refractivity contribution is 0.215. The monoisotopic (exact) mass is 815 g/mol. The number of unbranched alkanes of at least 4 members (excludes halogenated alkanes) is 22. The van der Waals surface area contributed by atoms with Crippen molar-refractivity contribution >= 4 is 29.0 Å². The maximum Gasteiger partial charge on any atom is 0.313 e. The third-order valence-electron chi connectivity index (χ3n) is 10.9. The normalized spacial score (nSPS) is 17.5. The maximum atomic E-state index is 6.35. The second-order valence-corrected chi connectivity index (χ2v) is 18.4. The molecular formula is C43H88N6O4P2. The van der Waals surface area contributed by atoms with E-state index in [1.807, 2.05) is 0 Å². The van der Waals surface area contributed by atoms with Crippen molar-refractivity contribution in [2.24, 2.45) is 9.53 Å². The van der Waals surface area contributed by atoms with Crippen LogP contribution >= 0.6 is 17.1 Å². The highest BCUT2D eigenvalue weighted by Crippen LogP contribution is 2.43. The quantitative estimate of drug-likeness (QED) is 0.0451. The molecule has 0 aromatic heterocycles. The van der Waals surface area contributed by atoms with Crippen molar-refractivity contribution in [3.63, 3.8) is 0 Å². The van der Waals surface area contributed by atoms with E-state index in [0.29, 0.717) is 19.8 Å². The summed E-state index contributed by atoms with van der Waals surface area (Å²) in [7, 11) is 3.25. The van der Waals surface area contributed by atoms with Crippen molar-refractivity contribution in [3.8, 4) is 0 Å². The number of hydrogen-bond acceptors (Lipinski definition) is 6. The summed E-state index contributed by atoms with van der Waals surface area (Å²) < 4.78 is 34.7.